The van der Waals surface area contributed by atoms with Gasteiger partial charge in [0.2, 0.25) is 0 Å². The Labute approximate surface area is 122 Å². The van der Waals surface area contributed by atoms with E-state index < -0.39 is 35.9 Å². The van der Waals surface area contributed by atoms with Crippen LogP contribution in [0.2, 0.25) is 0 Å². The highest BCUT2D eigenvalue weighted by molar-refractivity contribution is 5.75. The minimum absolute atomic E-state index is 0.292. The second-order valence-electron chi connectivity index (χ2n) is 5.34. The third-order valence-corrected chi connectivity index (χ3v) is 3.81. The average Bonchev–Trinajstić information content (AvgIpc) is 2.34. The number of carboxylic acids is 3. The van der Waals surface area contributed by atoms with E-state index in [-0.39, 0.29) is 0 Å². The number of rotatable bonds is 10. The van der Waals surface area contributed by atoms with Crippen molar-refractivity contribution in [2.24, 2.45) is 5.92 Å². The molecule has 0 amide bonds. The molecule has 0 spiro atoms. The number of carbonyl (C=O) groups is 3. The zero-order chi connectivity index (χ0) is 16.0. The first-order valence-corrected chi connectivity index (χ1v) is 6.98. The quantitative estimate of drug-likeness (QED) is 0.433. The number of hydrogen-bond acceptors (Lipinski definition) is 5. The van der Waals surface area contributed by atoms with Crippen molar-refractivity contribution >= 4 is 17.9 Å². The predicted octanol–water partition coefficient (Wildman–Crippen LogP) is -0.311. The largest absolute Gasteiger partial charge is 0.481 e. The maximum atomic E-state index is 11.1. The fourth-order valence-corrected chi connectivity index (χ4v) is 2.19. The molecule has 8 heteroatoms. The number of hydrogen-bond donors (Lipinski definition) is 4. The molecule has 21 heavy (non-hydrogen) atoms. The summed E-state index contributed by atoms with van der Waals surface area (Å²) in [5.41, 5.74) is 0. The molecule has 0 saturated carbocycles. The lowest BCUT2D eigenvalue weighted by atomic mass is 10.0. The van der Waals surface area contributed by atoms with Crippen LogP contribution in [-0.2, 0) is 14.4 Å². The first-order chi connectivity index (χ1) is 9.82. The molecule has 0 aromatic rings. The standard InChI is InChI=1S/C13H22N2O6/c1-8(11(16)17)2-5-14-9(12(18)19)3-6-15-7-4-10(15)13(20)21/h8-10,14H,2-7H2,1H3,(H,16,17)(H,18,19)(H,20,21)/t8-,9-,10-/m0/s1. The van der Waals surface area contributed by atoms with Crippen LogP contribution >= 0.6 is 0 Å². The molecule has 8 nitrogen and oxygen atoms in total. The summed E-state index contributed by atoms with van der Waals surface area (Å²) in [5, 5.41) is 29.6. The Bertz CT molecular complexity index is 400. The lowest BCUT2D eigenvalue weighted by Crippen LogP contribution is -2.53. The third-order valence-electron chi connectivity index (χ3n) is 3.81. The predicted molar refractivity (Wildman–Crippen MR) is 73.1 cm³/mol. The second-order valence-corrected chi connectivity index (χ2v) is 5.34. The van der Waals surface area contributed by atoms with Gasteiger partial charge in [-0.05, 0) is 25.8 Å². The van der Waals surface area contributed by atoms with Gasteiger partial charge < -0.3 is 20.6 Å². The van der Waals surface area contributed by atoms with Crippen molar-refractivity contribution in [3.63, 3.8) is 0 Å². The first-order valence-electron chi connectivity index (χ1n) is 6.98. The van der Waals surface area contributed by atoms with Crippen molar-refractivity contribution in [1.29, 1.82) is 0 Å². The summed E-state index contributed by atoms with van der Waals surface area (Å²) in [6.07, 6.45) is 1.23. The molecule has 1 saturated heterocycles. The van der Waals surface area contributed by atoms with Gasteiger partial charge in [-0.2, -0.15) is 0 Å². The van der Waals surface area contributed by atoms with Crippen LogP contribution in [0.15, 0.2) is 0 Å². The molecule has 0 unspecified atom stereocenters. The minimum atomic E-state index is -1.01. The van der Waals surface area contributed by atoms with Gasteiger partial charge in [-0.3, -0.25) is 19.3 Å². The molecule has 0 bridgehead atoms. The molecule has 1 aliphatic rings. The molecule has 0 radical (unpaired) electrons. The molecule has 0 aliphatic carbocycles. The monoisotopic (exact) mass is 302 g/mol. The number of aliphatic carboxylic acids is 3. The normalized spacial score (nSPS) is 21.3. The summed E-state index contributed by atoms with van der Waals surface area (Å²) < 4.78 is 0. The van der Waals surface area contributed by atoms with Crippen LogP contribution in [0.4, 0.5) is 0 Å². The third kappa shape index (κ3) is 5.31. The smallest absolute Gasteiger partial charge is 0.320 e. The van der Waals surface area contributed by atoms with Gasteiger partial charge in [0.1, 0.15) is 12.1 Å². The molecular weight excluding hydrogens is 280 g/mol. The molecule has 1 aliphatic heterocycles. The fraction of sp³-hybridized carbons (Fsp3) is 0.769. The van der Waals surface area contributed by atoms with Crippen LogP contribution in [0.1, 0.15) is 26.2 Å². The lowest BCUT2D eigenvalue weighted by Gasteiger charge is -2.38. The van der Waals surface area contributed by atoms with E-state index in [9.17, 15) is 14.4 Å². The summed E-state index contributed by atoms with van der Waals surface area (Å²) >= 11 is 0. The molecule has 1 fully saturated rings. The van der Waals surface area contributed by atoms with E-state index in [2.05, 4.69) is 5.32 Å². The molecule has 120 valence electrons. The Morgan fingerprint density at radius 1 is 1.19 bits per heavy atom. The topological polar surface area (TPSA) is 127 Å². The maximum absolute atomic E-state index is 11.1. The van der Waals surface area contributed by atoms with Gasteiger partial charge in [0.15, 0.2) is 0 Å². The Balaban J connectivity index is 2.32. The summed E-state index contributed by atoms with van der Waals surface area (Å²) in [4.78, 5) is 34.4. The highest BCUT2D eigenvalue weighted by Crippen LogP contribution is 2.18. The molecule has 0 aromatic heterocycles. The van der Waals surface area contributed by atoms with Gasteiger partial charge in [-0.1, -0.05) is 6.92 Å². The van der Waals surface area contributed by atoms with E-state index in [1.54, 1.807) is 11.8 Å². The number of likely N-dealkylation sites (tertiary alicyclic amines) is 1. The van der Waals surface area contributed by atoms with Crippen LogP contribution in [0.3, 0.4) is 0 Å². The van der Waals surface area contributed by atoms with Gasteiger partial charge in [-0.15, -0.1) is 0 Å². The van der Waals surface area contributed by atoms with Crippen molar-refractivity contribution in [3.05, 3.63) is 0 Å². The van der Waals surface area contributed by atoms with Crippen LogP contribution in [-0.4, -0.2) is 69.8 Å². The molecule has 3 atom stereocenters. The Kier molecular flexibility index (Phi) is 6.57. The van der Waals surface area contributed by atoms with E-state index in [1.807, 2.05) is 0 Å². The van der Waals surface area contributed by atoms with E-state index in [0.29, 0.717) is 38.9 Å². The number of nitrogens with zero attached hydrogens (tertiary/aromatic N) is 1. The summed E-state index contributed by atoms with van der Waals surface area (Å²) in [5.74, 6) is -3.32. The van der Waals surface area contributed by atoms with Crippen LogP contribution in [0.5, 0.6) is 0 Å². The van der Waals surface area contributed by atoms with Crippen molar-refractivity contribution in [1.82, 2.24) is 10.2 Å². The molecule has 1 heterocycles. The molecule has 0 aromatic carbocycles. The Hall–Kier alpha value is -1.67. The minimum Gasteiger partial charge on any atom is -0.481 e. The second kappa shape index (κ2) is 7.94. The van der Waals surface area contributed by atoms with Crippen molar-refractivity contribution in [2.45, 2.75) is 38.3 Å². The summed E-state index contributed by atoms with van der Waals surface area (Å²) in [6.45, 7) is 2.93. The average molecular weight is 302 g/mol. The zero-order valence-corrected chi connectivity index (χ0v) is 12.0. The Morgan fingerprint density at radius 3 is 2.29 bits per heavy atom. The van der Waals surface area contributed by atoms with Crippen LogP contribution in [0, 0.1) is 5.92 Å². The number of nitrogens with one attached hydrogen (secondary N) is 1. The maximum Gasteiger partial charge on any atom is 0.320 e. The molecule has 1 rings (SSSR count). The summed E-state index contributed by atoms with van der Waals surface area (Å²) in [7, 11) is 0. The summed E-state index contributed by atoms with van der Waals surface area (Å²) in [6, 6.07) is -1.30. The van der Waals surface area contributed by atoms with Gasteiger partial charge in [0, 0.05) is 13.1 Å². The van der Waals surface area contributed by atoms with E-state index in [1.165, 1.54) is 0 Å². The fourth-order valence-electron chi connectivity index (χ4n) is 2.19. The van der Waals surface area contributed by atoms with Gasteiger partial charge in [0.05, 0.1) is 5.92 Å². The van der Waals surface area contributed by atoms with Crippen molar-refractivity contribution in [2.75, 3.05) is 19.6 Å². The van der Waals surface area contributed by atoms with Crippen LogP contribution in [0.25, 0.3) is 0 Å². The number of carboxylic acid groups (broad SMARTS) is 3. The van der Waals surface area contributed by atoms with E-state index >= 15 is 0 Å². The van der Waals surface area contributed by atoms with Crippen molar-refractivity contribution < 1.29 is 29.7 Å². The van der Waals surface area contributed by atoms with Crippen LogP contribution < -0.4 is 5.32 Å². The van der Waals surface area contributed by atoms with E-state index in [4.69, 9.17) is 15.3 Å². The lowest BCUT2D eigenvalue weighted by molar-refractivity contribution is -0.148. The van der Waals surface area contributed by atoms with Gasteiger partial charge in [-0.25, -0.2) is 0 Å². The highest BCUT2D eigenvalue weighted by atomic mass is 16.4. The van der Waals surface area contributed by atoms with Crippen molar-refractivity contribution in [3.8, 4) is 0 Å². The Morgan fingerprint density at radius 2 is 1.86 bits per heavy atom. The zero-order valence-electron chi connectivity index (χ0n) is 12.0. The molecular formula is C13H22N2O6. The highest BCUT2D eigenvalue weighted by Gasteiger charge is 2.34. The first kappa shape index (κ1) is 17.4. The van der Waals surface area contributed by atoms with E-state index in [0.717, 1.165) is 0 Å². The SMILES string of the molecule is C[C@@H](CCN[C@@H](CCN1CC[C@H]1C(=O)O)C(=O)O)C(=O)O. The van der Waals surface area contributed by atoms with Gasteiger partial charge >= 0.3 is 17.9 Å². The molecule has 4 N–H and O–H groups in total. The van der Waals surface area contributed by atoms with Gasteiger partial charge in [0.25, 0.3) is 0 Å².